The fourth-order valence-electron chi connectivity index (χ4n) is 4.41. The van der Waals surface area contributed by atoms with Crippen molar-refractivity contribution in [3.63, 3.8) is 0 Å². The lowest BCUT2D eigenvalue weighted by molar-refractivity contribution is -0.199. The Morgan fingerprint density at radius 3 is 2.66 bits per heavy atom. The van der Waals surface area contributed by atoms with Crippen LogP contribution in [0.25, 0.3) is 0 Å². The number of aliphatic hydroxyl groups is 1. The van der Waals surface area contributed by atoms with E-state index in [1.165, 1.54) is 22.1 Å². The highest BCUT2D eigenvalue weighted by Crippen LogP contribution is 2.44. The molecule has 2 aliphatic heterocycles. The van der Waals surface area contributed by atoms with Crippen LogP contribution in [-0.4, -0.2) is 94.4 Å². The van der Waals surface area contributed by atoms with Crippen molar-refractivity contribution in [2.24, 2.45) is 11.3 Å². The van der Waals surface area contributed by atoms with Crippen LogP contribution in [0.15, 0.2) is 42.6 Å². The lowest BCUT2D eigenvalue weighted by Gasteiger charge is -2.41. The van der Waals surface area contributed by atoms with Gasteiger partial charge in [-0.3, -0.25) is 23.5 Å². The molecule has 0 aromatic heterocycles. The van der Waals surface area contributed by atoms with Gasteiger partial charge in [0.25, 0.3) is 5.91 Å². The Bertz CT molecular complexity index is 1190. The van der Waals surface area contributed by atoms with Gasteiger partial charge in [-0.05, 0) is 18.9 Å². The lowest BCUT2D eigenvalue weighted by atomic mass is 9.96. The number of thioether (sulfide) groups is 1. The summed E-state index contributed by atoms with van der Waals surface area (Å²) in [6, 6.07) is 9.44. The van der Waals surface area contributed by atoms with E-state index in [9.17, 15) is 28.9 Å². The number of nitrogens with one attached hydrogen (secondary N) is 1. The van der Waals surface area contributed by atoms with Crippen molar-refractivity contribution >= 4 is 36.7 Å². The normalized spacial score (nSPS) is 23.5. The Morgan fingerprint density at radius 2 is 1.95 bits per heavy atom. The molecule has 2 heterocycles. The molecule has 3 rings (SSSR count). The maximum Gasteiger partial charge on any atom is 0.472 e. The number of hydrogen-bond donors (Lipinski definition) is 3. The maximum absolute atomic E-state index is 12.5. The molecule has 44 heavy (non-hydrogen) atoms. The summed E-state index contributed by atoms with van der Waals surface area (Å²) in [6.07, 6.45) is 0.0595. The van der Waals surface area contributed by atoms with Crippen molar-refractivity contribution in [1.82, 2.24) is 15.1 Å². The Labute approximate surface area is 261 Å². The molecular formula is C28H42N3O11PS. The van der Waals surface area contributed by atoms with Gasteiger partial charge in [0.1, 0.15) is 13.0 Å². The Hall–Kier alpha value is -2.49. The van der Waals surface area contributed by atoms with Crippen molar-refractivity contribution < 1.29 is 52.2 Å². The standard InChI is InChI=1S/C28H42N3O11PS/c1-5-39-26(34)29-18-28(3,4)25(33)44-14-13-40-43(36,37)41-17-22-15-20(2)24(42-22)30-12-11-23(32)31(27(30)35)19-38-16-21-9-7-6-8-10-21/h6-12,20,22,24,27,35H,5,13-19H2,1-4H3,(H,29,34)(H,36,37)/t20-,22-,24+,27?/m0/s1. The maximum atomic E-state index is 12.5. The van der Waals surface area contributed by atoms with Gasteiger partial charge >= 0.3 is 13.9 Å². The molecular weight excluding hydrogens is 617 g/mol. The highest BCUT2D eigenvalue weighted by Gasteiger charge is 2.42. The summed E-state index contributed by atoms with van der Waals surface area (Å²) in [5.41, 5.74) is 0.0386. The molecule has 2 amide bonds. The second kappa shape index (κ2) is 16.7. The first-order valence-electron chi connectivity index (χ1n) is 14.2. The van der Waals surface area contributed by atoms with Gasteiger partial charge in [-0.15, -0.1) is 0 Å². The van der Waals surface area contributed by atoms with Crippen molar-refractivity contribution in [3.05, 3.63) is 48.2 Å². The molecule has 0 bridgehead atoms. The zero-order valence-corrected chi connectivity index (χ0v) is 27.0. The van der Waals surface area contributed by atoms with E-state index >= 15 is 0 Å². The monoisotopic (exact) mass is 659 g/mol. The molecule has 1 saturated heterocycles. The number of amides is 2. The molecule has 16 heteroatoms. The van der Waals surface area contributed by atoms with Crippen LogP contribution < -0.4 is 5.32 Å². The Morgan fingerprint density at radius 1 is 1.23 bits per heavy atom. The van der Waals surface area contributed by atoms with E-state index in [0.717, 1.165) is 17.3 Å². The summed E-state index contributed by atoms with van der Waals surface area (Å²) in [6.45, 7) is 6.84. The van der Waals surface area contributed by atoms with E-state index in [1.54, 1.807) is 20.8 Å². The molecule has 5 atom stereocenters. The van der Waals surface area contributed by atoms with Crippen LogP contribution in [0.4, 0.5) is 4.79 Å². The second-order valence-corrected chi connectivity index (χ2v) is 13.5. The van der Waals surface area contributed by atoms with Crippen LogP contribution in [-0.2, 0) is 44.0 Å². The highest BCUT2D eigenvalue weighted by atomic mass is 32.2. The molecule has 0 aliphatic carbocycles. The van der Waals surface area contributed by atoms with E-state index in [-0.39, 0.29) is 56.5 Å². The van der Waals surface area contributed by atoms with Crippen molar-refractivity contribution in [2.75, 3.05) is 38.8 Å². The van der Waals surface area contributed by atoms with Gasteiger partial charge in [0.15, 0.2) is 5.12 Å². The number of nitrogens with zero attached hydrogens (tertiary/aromatic N) is 2. The molecule has 1 aromatic carbocycles. The van der Waals surface area contributed by atoms with Crippen molar-refractivity contribution in [3.8, 4) is 0 Å². The number of carbonyl (C=O) groups excluding carboxylic acids is 3. The number of aliphatic hydroxyl groups excluding tert-OH is 1. The summed E-state index contributed by atoms with van der Waals surface area (Å²) in [5.74, 6) is -0.438. The van der Waals surface area contributed by atoms with Crippen molar-refractivity contribution in [2.45, 2.75) is 59.4 Å². The summed E-state index contributed by atoms with van der Waals surface area (Å²) in [7, 11) is -4.44. The first-order valence-corrected chi connectivity index (χ1v) is 16.7. The minimum atomic E-state index is -4.44. The Kier molecular flexibility index (Phi) is 13.7. The number of phosphoric acid groups is 1. The number of hydrogen-bond acceptors (Lipinski definition) is 12. The van der Waals surface area contributed by atoms with Crippen molar-refractivity contribution in [1.29, 1.82) is 0 Å². The van der Waals surface area contributed by atoms with Crippen LogP contribution in [0, 0.1) is 11.3 Å². The van der Waals surface area contributed by atoms with Gasteiger partial charge < -0.3 is 34.4 Å². The molecule has 14 nitrogen and oxygen atoms in total. The summed E-state index contributed by atoms with van der Waals surface area (Å²) < 4.78 is 39.0. The molecule has 1 aromatic rings. The van der Waals surface area contributed by atoms with Gasteiger partial charge in [-0.25, -0.2) is 9.36 Å². The highest BCUT2D eigenvalue weighted by molar-refractivity contribution is 8.13. The smallest absolute Gasteiger partial charge is 0.450 e. The molecule has 1 fully saturated rings. The summed E-state index contributed by atoms with van der Waals surface area (Å²) >= 11 is 0.912. The summed E-state index contributed by atoms with van der Waals surface area (Å²) in [5, 5.41) is 13.2. The molecule has 2 aliphatic rings. The lowest BCUT2D eigenvalue weighted by Crippen LogP contribution is -2.56. The zero-order valence-electron chi connectivity index (χ0n) is 25.3. The first kappa shape index (κ1) is 36.0. The van der Waals surface area contributed by atoms with Crippen LogP contribution in [0.2, 0.25) is 0 Å². The van der Waals surface area contributed by atoms with Gasteiger partial charge in [-0.2, -0.15) is 0 Å². The second-order valence-electron chi connectivity index (χ2n) is 10.9. The number of benzene rings is 1. The minimum Gasteiger partial charge on any atom is -0.450 e. The number of ether oxygens (including phenoxy) is 3. The predicted octanol–water partition coefficient (Wildman–Crippen LogP) is 3.01. The molecule has 2 unspecified atom stereocenters. The van der Waals surface area contributed by atoms with E-state index in [2.05, 4.69) is 5.32 Å². The molecule has 246 valence electrons. The number of alkyl carbamates (subject to hydrolysis) is 1. The fraction of sp³-hybridized carbons (Fsp3) is 0.607. The van der Waals surface area contributed by atoms with Crippen LogP contribution in [0.1, 0.15) is 39.7 Å². The largest absolute Gasteiger partial charge is 0.472 e. The van der Waals surface area contributed by atoms with E-state index < -0.39 is 43.9 Å². The molecule has 0 saturated carbocycles. The van der Waals surface area contributed by atoms with Gasteiger partial charge in [0.2, 0.25) is 6.35 Å². The average molecular weight is 660 g/mol. The third kappa shape index (κ3) is 10.8. The topological polar surface area (TPSA) is 173 Å². The Balaban J connectivity index is 1.40. The number of phosphoric ester groups is 1. The number of carbonyl (C=O) groups is 3. The van der Waals surface area contributed by atoms with Crippen LogP contribution >= 0.6 is 19.6 Å². The van der Waals surface area contributed by atoms with Crippen LogP contribution in [0.3, 0.4) is 0 Å². The third-order valence-electron chi connectivity index (χ3n) is 6.80. The van der Waals surface area contributed by atoms with Gasteiger partial charge in [0, 0.05) is 30.5 Å². The number of rotatable bonds is 16. The molecule has 3 N–H and O–H groups in total. The molecule has 0 radical (unpaired) electrons. The quantitative estimate of drug-likeness (QED) is 0.175. The molecule has 0 spiro atoms. The summed E-state index contributed by atoms with van der Waals surface area (Å²) in [4.78, 5) is 49.2. The third-order valence-corrected chi connectivity index (χ3v) is 8.97. The van der Waals surface area contributed by atoms with Gasteiger partial charge in [0.05, 0.1) is 37.9 Å². The van der Waals surface area contributed by atoms with Gasteiger partial charge in [-0.1, -0.05) is 62.9 Å². The van der Waals surface area contributed by atoms with E-state index in [4.69, 9.17) is 23.3 Å². The van der Waals surface area contributed by atoms with Crippen LogP contribution in [0.5, 0.6) is 0 Å². The first-order chi connectivity index (χ1) is 20.8. The fourth-order valence-corrected chi connectivity index (χ4v) is 6.10. The van der Waals surface area contributed by atoms with E-state index in [1.807, 2.05) is 37.3 Å². The predicted molar refractivity (Wildman–Crippen MR) is 160 cm³/mol. The average Bonchev–Trinajstić information content (AvgIpc) is 3.35. The van der Waals surface area contributed by atoms with E-state index in [0.29, 0.717) is 6.42 Å². The zero-order chi connectivity index (χ0) is 32.3. The SMILES string of the molecule is CCOC(=O)NCC(C)(C)C(=O)SCCOP(=O)(O)OC[C@@H]1C[C@H](C)[C@H](N2C=CC(=O)N(COCc3ccccc3)C2O)O1. The minimum absolute atomic E-state index is 0.0710.